The Hall–Kier alpha value is -4.54. The number of morpholine rings is 1. The number of hydrogen-bond acceptors (Lipinski definition) is 9. The molecule has 5 heterocycles. The van der Waals surface area contributed by atoms with E-state index in [9.17, 15) is 0 Å². The van der Waals surface area contributed by atoms with Gasteiger partial charge in [0.15, 0.2) is 23.0 Å². The summed E-state index contributed by atoms with van der Waals surface area (Å²) in [5.41, 5.74) is 5.10. The minimum absolute atomic E-state index is 0.141. The van der Waals surface area contributed by atoms with Gasteiger partial charge in [-0.1, -0.05) is 36.4 Å². The van der Waals surface area contributed by atoms with Gasteiger partial charge in [0.05, 0.1) is 32.6 Å². The Bertz CT molecular complexity index is 1650. The van der Waals surface area contributed by atoms with Crippen molar-refractivity contribution in [1.82, 2.24) is 29.7 Å². The van der Waals surface area contributed by atoms with Crippen LogP contribution in [0.25, 0.3) is 16.9 Å². The van der Waals surface area contributed by atoms with Crippen molar-refractivity contribution in [3.8, 4) is 22.8 Å². The standard InChI is InChI=1S/C32H33N7O3/c1-40-26-10-6-24(7-11-26)21-38-22-27(42-29-3-2-14-33-32(29)38)19-31-35-34-30-13-12-28(36-39(30)31)25-8-4-23(5-9-25)20-37-15-17-41-18-16-37/h2-14,27H,15-22H2,1H3. The van der Waals surface area contributed by atoms with Crippen molar-refractivity contribution < 1.29 is 14.2 Å². The molecule has 42 heavy (non-hydrogen) atoms. The number of nitrogens with zero attached hydrogens (tertiary/aromatic N) is 7. The summed E-state index contributed by atoms with van der Waals surface area (Å²) in [6, 6.07) is 24.6. The fraction of sp³-hybridized carbons (Fsp3) is 0.312. The van der Waals surface area contributed by atoms with E-state index >= 15 is 0 Å². The van der Waals surface area contributed by atoms with Crippen molar-refractivity contribution in [3.05, 3.63) is 95.9 Å². The van der Waals surface area contributed by atoms with E-state index in [-0.39, 0.29) is 6.10 Å². The van der Waals surface area contributed by atoms with E-state index in [0.717, 1.165) is 67.2 Å². The van der Waals surface area contributed by atoms with Crippen LogP contribution in [0.4, 0.5) is 5.82 Å². The summed E-state index contributed by atoms with van der Waals surface area (Å²) in [4.78, 5) is 9.30. The van der Waals surface area contributed by atoms with Crippen LogP contribution in [0.5, 0.6) is 11.5 Å². The second-order valence-electron chi connectivity index (χ2n) is 10.7. The van der Waals surface area contributed by atoms with Crippen molar-refractivity contribution in [3.63, 3.8) is 0 Å². The highest BCUT2D eigenvalue weighted by Gasteiger charge is 2.28. The maximum atomic E-state index is 6.40. The smallest absolute Gasteiger partial charge is 0.177 e. The Morgan fingerprint density at radius 3 is 2.48 bits per heavy atom. The maximum absolute atomic E-state index is 6.40. The third kappa shape index (κ3) is 5.63. The van der Waals surface area contributed by atoms with E-state index < -0.39 is 0 Å². The molecule has 0 bridgehead atoms. The van der Waals surface area contributed by atoms with E-state index in [1.807, 2.05) is 40.9 Å². The van der Waals surface area contributed by atoms with Crippen LogP contribution in [0.15, 0.2) is 79.0 Å². The molecule has 2 aliphatic heterocycles. The largest absolute Gasteiger partial charge is 0.497 e. The zero-order valence-corrected chi connectivity index (χ0v) is 23.6. The fourth-order valence-electron chi connectivity index (χ4n) is 5.57. The molecule has 0 N–H and O–H groups in total. The molecule has 1 fully saturated rings. The first kappa shape index (κ1) is 26.4. The topological polar surface area (TPSA) is 90.1 Å². The van der Waals surface area contributed by atoms with Gasteiger partial charge in [-0.25, -0.2) is 4.98 Å². The SMILES string of the molecule is COc1ccc(CN2CC(Cc3nnc4ccc(-c5ccc(CN6CCOCC6)cc5)nn34)Oc3cccnc32)cc1. The summed E-state index contributed by atoms with van der Waals surface area (Å²) >= 11 is 0. The molecule has 2 aliphatic rings. The van der Waals surface area contributed by atoms with Crippen molar-refractivity contribution in [2.24, 2.45) is 0 Å². The average Bonchev–Trinajstić information content (AvgIpc) is 3.44. The highest BCUT2D eigenvalue weighted by atomic mass is 16.5. The molecule has 1 atom stereocenters. The van der Waals surface area contributed by atoms with Crippen molar-refractivity contribution >= 4 is 11.5 Å². The molecule has 10 heteroatoms. The first-order valence-corrected chi connectivity index (χ1v) is 14.3. The number of rotatable bonds is 8. The number of hydrogen-bond donors (Lipinski definition) is 0. The van der Waals surface area contributed by atoms with Crippen LogP contribution < -0.4 is 14.4 Å². The predicted octanol–water partition coefficient (Wildman–Crippen LogP) is 4.04. The van der Waals surface area contributed by atoms with Crippen LogP contribution >= 0.6 is 0 Å². The van der Waals surface area contributed by atoms with Crippen LogP contribution in [0, 0.1) is 0 Å². The molecular weight excluding hydrogens is 530 g/mol. The summed E-state index contributed by atoms with van der Waals surface area (Å²) in [5.74, 6) is 3.21. The summed E-state index contributed by atoms with van der Waals surface area (Å²) in [6.45, 7) is 5.86. The van der Waals surface area contributed by atoms with Crippen molar-refractivity contribution in [1.29, 1.82) is 0 Å². The molecule has 1 saturated heterocycles. The van der Waals surface area contributed by atoms with Gasteiger partial charge in [-0.05, 0) is 47.5 Å². The van der Waals surface area contributed by atoms with E-state index in [4.69, 9.17) is 19.3 Å². The first-order chi connectivity index (χ1) is 20.7. The monoisotopic (exact) mass is 563 g/mol. The van der Waals surface area contributed by atoms with Gasteiger partial charge in [0.2, 0.25) is 0 Å². The zero-order valence-electron chi connectivity index (χ0n) is 23.6. The second-order valence-corrected chi connectivity index (χ2v) is 10.7. The molecule has 7 rings (SSSR count). The molecular formula is C32H33N7O3. The third-order valence-corrected chi connectivity index (χ3v) is 7.80. The number of ether oxygens (including phenoxy) is 3. The van der Waals surface area contributed by atoms with E-state index in [1.54, 1.807) is 13.3 Å². The fourth-order valence-corrected chi connectivity index (χ4v) is 5.57. The van der Waals surface area contributed by atoms with E-state index in [0.29, 0.717) is 25.2 Å². The molecule has 0 saturated carbocycles. The van der Waals surface area contributed by atoms with Crippen LogP contribution in [0.1, 0.15) is 17.0 Å². The van der Waals surface area contributed by atoms with Crippen LogP contribution in [-0.4, -0.2) is 75.8 Å². The number of aromatic nitrogens is 5. The lowest BCUT2D eigenvalue weighted by molar-refractivity contribution is 0.0342. The Morgan fingerprint density at radius 2 is 1.67 bits per heavy atom. The van der Waals surface area contributed by atoms with Gasteiger partial charge >= 0.3 is 0 Å². The molecule has 3 aromatic heterocycles. The lowest BCUT2D eigenvalue weighted by atomic mass is 10.1. The lowest BCUT2D eigenvalue weighted by Crippen LogP contribution is -2.41. The quantitative estimate of drug-likeness (QED) is 0.278. The Labute approximate surface area is 244 Å². The van der Waals surface area contributed by atoms with Gasteiger partial charge in [0.25, 0.3) is 0 Å². The van der Waals surface area contributed by atoms with E-state index in [2.05, 4.69) is 61.4 Å². The summed E-state index contributed by atoms with van der Waals surface area (Å²) in [7, 11) is 1.68. The van der Waals surface area contributed by atoms with Crippen LogP contribution in [0.2, 0.25) is 0 Å². The summed E-state index contributed by atoms with van der Waals surface area (Å²) in [6.07, 6.45) is 2.22. The lowest BCUT2D eigenvalue weighted by Gasteiger charge is -2.35. The normalized spacial score (nSPS) is 17.2. The molecule has 0 aliphatic carbocycles. The number of methoxy groups -OCH3 is 1. The van der Waals surface area contributed by atoms with Crippen molar-refractivity contribution in [2.75, 3.05) is 44.9 Å². The number of benzene rings is 2. The highest BCUT2D eigenvalue weighted by Crippen LogP contribution is 2.33. The van der Waals surface area contributed by atoms with Crippen LogP contribution in [0.3, 0.4) is 0 Å². The number of pyridine rings is 1. The van der Waals surface area contributed by atoms with Crippen LogP contribution in [-0.2, 0) is 24.2 Å². The van der Waals surface area contributed by atoms with Gasteiger partial charge in [-0.15, -0.1) is 10.2 Å². The molecule has 1 unspecified atom stereocenters. The minimum atomic E-state index is -0.141. The summed E-state index contributed by atoms with van der Waals surface area (Å²) in [5, 5.41) is 13.8. The Kier molecular flexibility index (Phi) is 7.38. The molecule has 214 valence electrons. The highest BCUT2D eigenvalue weighted by molar-refractivity contribution is 5.60. The van der Waals surface area contributed by atoms with Gasteiger partial charge in [-0.3, -0.25) is 4.90 Å². The van der Waals surface area contributed by atoms with Gasteiger partial charge in [0.1, 0.15) is 11.9 Å². The molecule has 0 radical (unpaired) electrons. The number of fused-ring (bicyclic) bond motifs is 2. The Balaban J connectivity index is 1.09. The molecule has 5 aromatic rings. The Morgan fingerprint density at radius 1 is 0.881 bits per heavy atom. The maximum Gasteiger partial charge on any atom is 0.177 e. The van der Waals surface area contributed by atoms with Gasteiger partial charge in [-0.2, -0.15) is 9.61 Å². The van der Waals surface area contributed by atoms with Gasteiger partial charge in [0, 0.05) is 44.4 Å². The molecule has 2 aromatic carbocycles. The minimum Gasteiger partial charge on any atom is -0.497 e. The average molecular weight is 564 g/mol. The molecule has 10 nitrogen and oxygen atoms in total. The van der Waals surface area contributed by atoms with Crippen molar-refractivity contribution in [2.45, 2.75) is 25.6 Å². The van der Waals surface area contributed by atoms with Gasteiger partial charge < -0.3 is 19.1 Å². The number of anilines is 1. The van der Waals surface area contributed by atoms with E-state index in [1.165, 1.54) is 11.1 Å². The zero-order chi connectivity index (χ0) is 28.3. The molecule has 0 amide bonds. The predicted molar refractivity (Wildman–Crippen MR) is 159 cm³/mol. The first-order valence-electron chi connectivity index (χ1n) is 14.3. The molecule has 0 spiro atoms. The second kappa shape index (κ2) is 11.8. The third-order valence-electron chi connectivity index (χ3n) is 7.80. The summed E-state index contributed by atoms with van der Waals surface area (Å²) < 4.78 is 19.0.